The summed E-state index contributed by atoms with van der Waals surface area (Å²) >= 11 is 0. The fourth-order valence-corrected chi connectivity index (χ4v) is 2.74. The quantitative estimate of drug-likeness (QED) is 0.729. The van der Waals surface area contributed by atoms with E-state index in [0.29, 0.717) is 24.0 Å². The lowest BCUT2D eigenvalue weighted by atomic mass is 9.96. The lowest BCUT2D eigenvalue weighted by Crippen LogP contribution is -2.42. The monoisotopic (exact) mass is 350 g/mol. The van der Waals surface area contributed by atoms with Crippen LogP contribution in [0.2, 0.25) is 0 Å². The summed E-state index contributed by atoms with van der Waals surface area (Å²) in [5.41, 5.74) is 0.362. The summed E-state index contributed by atoms with van der Waals surface area (Å²) in [6, 6.07) is -0.290. The van der Waals surface area contributed by atoms with Crippen LogP contribution in [0, 0.1) is 5.92 Å². The summed E-state index contributed by atoms with van der Waals surface area (Å²) in [5.74, 6) is 0.482. The van der Waals surface area contributed by atoms with Crippen molar-refractivity contribution in [3.63, 3.8) is 0 Å². The standard InChI is InChI=1S/C17H26N4O4/c1-4-25-16(23)14-10-19-17(20-11-14)21-7-5-13(6-8-21)9-18-12(2)15(22)24-3/h10-13,18H,4-9H2,1-3H3. The van der Waals surface area contributed by atoms with Crippen molar-refractivity contribution in [2.24, 2.45) is 5.92 Å². The zero-order valence-electron chi connectivity index (χ0n) is 15.0. The number of aromatic nitrogens is 2. The number of nitrogens with one attached hydrogen (secondary N) is 1. The van der Waals surface area contributed by atoms with Gasteiger partial charge in [-0.25, -0.2) is 14.8 Å². The van der Waals surface area contributed by atoms with Crippen molar-refractivity contribution in [1.82, 2.24) is 15.3 Å². The number of anilines is 1. The average molecular weight is 350 g/mol. The zero-order valence-corrected chi connectivity index (χ0v) is 15.0. The van der Waals surface area contributed by atoms with Gasteiger partial charge < -0.3 is 19.7 Å². The third kappa shape index (κ3) is 5.38. The number of rotatable bonds is 7. The van der Waals surface area contributed by atoms with E-state index in [0.717, 1.165) is 32.5 Å². The number of ether oxygens (including phenoxy) is 2. The van der Waals surface area contributed by atoms with Gasteiger partial charge in [-0.05, 0) is 39.2 Å². The van der Waals surface area contributed by atoms with Crippen LogP contribution in [0.4, 0.5) is 5.95 Å². The maximum absolute atomic E-state index is 11.6. The molecular weight excluding hydrogens is 324 g/mol. The molecule has 1 aliphatic rings. The minimum absolute atomic E-state index is 0.243. The highest BCUT2D eigenvalue weighted by molar-refractivity contribution is 5.88. The molecule has 2 heterocycles. The van der Waals surface area contributed by atoms with Gasteiger partial charge in [0, 0.05) is 25.5 Å². The van der Waals surface area contributed by atoms with E-state index in [1.807, 2.05) is 0 Å². The molecule has 1 aromatic heterocycles. The second kappa shape index (κ2) is 9.31. The first-order valence-corrected chi connectivity index (χ1v) is 8.60. The second-order valence-electron chi connectivity index (χ2n) is 6.08. The molecular formula is C17H26N4O4. The van der Waals surface area contributed by atoms with E-state index in [2.05, 4.69) is 20.2 Å². The molecule has 0 aromatic carbocycles. The Bertz CT molecular complexity index is 571. The predicted molar refractivity (Wildman–Crippen MR) is 92.4 cm³/mol. The van der Waals surface area contributed by atoms with Crippen molar-refractivity contribution in [1.29, 1.82) is 0 Å². The molecule has 0 radical (unpaired) electrons. The first kappa shape index (κ1) is 19.1. The van der Waals surface area contributed by atoms with Crippen molar-refractivity contribution < 1.29 is 19.1 Å². The van der Waals surface area contributed by atoms with Crippen LogP contribution in [-0.2, 0) is 14.3 Å². The molecule has 1 fully saturated rings. The molecule has 138 valence electrons. The van der Waals surface area contributed by atoms with Gasteiger partial charge in [-0.2, -0.15) is 0 Å². The minimum atomic E-state index is -0.404. The van der Waals surface area contributed by atoms with Crippen LogP contribution >= 0.6 is 0 Å². The zero-order chi connectivity index (χ0) is 18.2. The molecule has 2 rings (SSSR count). The molecule has 0 spiro atoms. The van der Waals surface area contributed by atoms with Gasteiger partial charge in [-0.1, -0.05) is 0 Å². The average Bonchev–Trinajstić information content (AvgIpc) is 2.66. The van der Waals surface area contributed by atoms with E-state index < -0.39 is 5.97 Å². The highest BCUT2D eigenvalue weighted by atomic mass is 16.5. The molecule has 1 atom stereocenters. The summed E-state index contributed by atoms with van der Waals surface area (Å²) in [6.07, 6.45) is 4.99. The number of piperidine rings is 1. The van der Waals surface area contributed by atoms with Gasteiger partial charge >= 0.3 is 11.9 Å². The van der Waals surface area contributed by atoms with Gasteiger partial charge in [0.15, 0.2) is 0 Å². The molecule has 8 heteroatoms. The number of nitrogens with zero attached hydrogens (tertiary/aromatic N) is 3. The highest BCUT2D eigenvalue weighted by Gasteiger charge is 2.22. The minimum Gasteiger partial charge on any atom is -0.468 e. The van der Waals surface area contributed by atoms with Gasteiger partial charge in [-0.3, -0.25) is 4.79 Å². The third-order valence-electron chi connectivity index (χ3n) is 4.31. The molecule has 1 unspecified atom stereocenters. The molecule has 1 N–H and O–H groups in total. The summed E-state index contributed by atoms with van der Waals surface area (Å²) in [5, 5.41) is 3.21. The number of carbonyl (C=O) groups is 2. The topological polar surface area (TPSA) is 93.7 Å². The predicted octanol–water partition coefficient (Wildman–Crippen LogP) is 1.02. The SMILES string of the molecule is CCOC(=O)c1cnc(N2CCC(CNC(C)C(=O)OC)CC2)nc1. The van der Waals surface area contributed by atoms with Crippen LogP contribution in [0.3, 0.4) is 0 Å². The Kier molecular flexibility index (Phi) is 7.12. The van der Waals surface area contributed by atoms with Gasteiger partial charge in [0.05, 0.1) is 19.3 Å². The molecule has 25 heavy (non-hydrogen) atoms. The van der Waals surface area contributed by atoms with E-state index in [1.54, 1.807) is 13.8 Å². The molecule has 1 aliphatic heterocycles. The maximum Gasteiger partial charge on any atom is 0.341 e. The summed E-state index contributed by atoms with van der Waals surface area (Å²) in [4.78, 5) is 33.7. The molecule has 8 nitrogen and oxygen atoms in total. The van der Waals surface area contributed by atoms with Gasteiger partial charge in [0.2, 0.25) is 5.95 Å². The lowest BCUT2D eigenvalue weighted by Gasteiger charge is -2.32. The third-order valence-corrected chi connectivity index (χ3v) is 4.31. The second-order valence-corrected chi connectivity index (χ2v) is 6.08. The van der Waals surface area contributed by atoms with Crippen LogP contribution < -0.4 is 10.2 Å². The van der Waals surface area contributed by atoms with E-state index >= 15 is 0 Å². The Labute approximate surface area is 147 Å². The van der Waals surface area contributed by atoms with E-state index in [1.165, 1.54) is 19.5 Å². The van der Waals surface area contributed by atoms with Gasteiger partial charge in [-0.15, -0.1) is 0 Å². The molecule has 0 saturated carbocycles. The Morgan fingerprint density at radius 1 is 1.32 bits per heavy atom. The molecule has 0 bridgehead atoms. The van der Waals surface area contributed by atoms with E-state index in [9.17, 15) is 9.59 Å². The summed E-state index contributed by atoms with van der Waals surface area (Å²) < 4.78 is 9.64. The van der Waals surface area contributed by atoms with Crippen molar-refractivity contribution in [2.45, 2.75) is 32.7 Å². The first-order chi connectivity index (χ1) is 12.0. The molecule has 0 amide bonds. The molecule has 1 saturated heterocycles. The Balaban J connectivity index is 1.80. The van der Waals surface area contributed by atoms with Crippen LogP contribution in [0.5, 0.6) is 0 Å². The largest absolute Gasteiger partial charge is 0.468 e. The van der Waals surface area contributed by atoms with Crippen molar-refractivity contribution >= 4 is 17.9 Å². The van der Waals surface area contributed by atoms with Crippen molar-refractivity contribution in [3.05, 3.63) is 18.0 Å². The van der Waals surface area contributed by atoms with Crippen LogP contribution in [-0.4, -0.2) is 61.3 Å². The van der Waals surface area contributed by atoms with Crippen LogP contribution in [0.15, 0.2) is 12.4 Å². The van der Waals surface area contributed by atoms with Crippen LogP contribution in [0.25, 0.3) is 0 Å². The van der Waals surface area contributed by atoms with Crippen molar-refractivity contribution in [3.8, 4) is 0 Å². The fourth-order valence-electron chi connectivity index (χ4n) is 2.74. The first-order valence-electron chi connectivity index (χ1n) is 8.60. The van der Waals surface area contributed by atoms with E-state index in [-0.39, 0.29) is 12.0 Å². The summed E-state index contributed by atoms with van der Waals surface area (Å²) in [7, 11) is 1.40. The van der Waals surface area contributed by atoms with Crippen molar-refractivity contribution in [2.75, 3.05) is 38.3 Å². The molecule has 1 aromatic rings. The number of hydrogen-bond acceptors (Lipinski definition) is 8. The highest BCUT2D eigenvalue weighted by Crippen LogP contribution is 2.20. The Hall–Kier alpha value is -2.22. The number of hydrogen-bond donors (Lipinski definition) is 1. The Morgan fingerprint density at radius 3 is 2.52 bits per heavy atom. The number of esters is 2. The number of methoxy groups -OCH3 is 1. The fraction of sp³-hybridized carbons (Fsp3) is 0.647. The maximum atomic E-state index is 11.6. The summed E-state index contributed by atoms with van der Waals surface area (Å²) in [6.45, 7) is 6.37. The van der Waals surface area contributed by atoms with E-state index in [4.69, 9.17) is 9.47 Å². The van der Waals surface area contributed by atoms with Crippen LogP contribution in [0.1, 0.15) is 37.0 Å². The van der Waals surface area contributed by atoms with Gasteiger partial charge in [0.25, 0.3) is 0 Å². The van der Waals surface area contributed by atoms with Gasteiger partial charge in [0.1, 0.15) is 6.04 Å². The lowest BCUT2D eigenvalue weighted by molar-refractivity contribution is -0.142. The normalized spacial score (nSPS) is 16.4. The Morgan fingerprint density at radius 2 is 1.96 bits per heavy atom. The smallest absolute Gasteiger partial charge is 0.341 e. The molecule has 0 aliphatic carbocycles. The number of carbonyl (C=O) groups excluding carboxylic acids is 2.